The van der Waals surface area contributed by atoms with Crippen LogP contribution in [0.2, 0.25) is 0 Å². The van der Waals surface area contributed by atoms with Crippen LogP contribution in [0.5, 0.6) is 0 Å². The Labute approximate surface area is 48.9 Å². The highest BCUT2D eigenvalue weighted by Gasteiger charge is 2.06. The van der Waals surface area contributed by atoms with Gasteiger partial charge in [-0.15, -0.1) is 0 Å². The van der Waals surface area contributed by atoms with Crippen LogP contribution in [-0.4, -0.2) is 9.78 Å². The van der Waals surface area contributed by atoms with E-state index in [0.29, 0.717) is 0 Å². The monoisotopic (exact) mass is 133 g/mol. The Balaban J connectivity index is 3.08. The number of nitrogens with one attached hydrogen (secondary N) is 1. The third-order valence-corrected chi connectivity index (χ3v) is 0.813. The minimum atomic E-state index is -2.80. The lowest BCUT2D eigenvalue weighted by Crippen LogP contribution is -2.16. The molecule has 0 unspecified atom stereocenters. The topological polar surface area (TPSA) is 37.8 Å². The highest BCUT2D eigenvalue weighted by atomic mass is 19.3. The summed E-state index contributed by atoms with van der Waals surface area (Å²) in [6.07, 6.45) is 2.12. The smallest absolute Gasteiger partial charge is 0.289 e. The molecule has 3 nitrogen and oxygen atoms in total. The average molecular weight is 133 g/mol. The molecule has 0 saturated carbocycles. The van der Waals surface area contributed by atoms with Crippen LogP contribution < -0.4 is 5.56 Å². The number of aromatic nitrogens is 2. The van der Waals surface area contributed by atoms with Crippen molar-refractivity contribution < 1.29 is 8.78 Å². The molecule has 1 N–H and O–H groups in total. The molecule has 49 valence electrons. The average Bonchev–Trinajstić information content (AvgIpc) is 2.13. The minimum Gasteiger partial charge on any atom is -0.289 e. The molecule has 1 radical (unpaired) electrons. The number of hydrogen-bond acceptors (Lipinski definition) is 1. The van der Waals surface area contributed by atoms with Gasteiger partial charge in [0.2, 0.25) is 0 Å². The van der Waals surface area contributed by atoms with Gasteiger partial charge < -0.3 is 0 Å². The number of H-pyrrole nitrogens is 1. The lowest BCUT2D eigenvalue weighted by atomic mass is 10.7. The summed E-state index contributed by atoms with van der Waals surface area (Å²) in [5.41, 5.74) is -0.773. The van der Waals surface area contributed by atoms with Crippen molar-refractivity contribution in [1.29, 1.82) is 0 Å². The second-order valence-corrected chi connectivity index (χ2v) is 1.39. The van der Waals surface area contributed by atoms with E-state index in [-0.39, 0.29) is 4.68 Å². The molecular formula is C4H3F2N2O. The second-order valence-electron chi connectivity index (χ2n) is 1.39. The molecule has 0 aliphatic carbocycles. The van der Waals surface area contributed by atoms with E-state index in [2.05, 4.69) is 6.20 Å². The lowest BCUT2D eigenvalue weighted by Gasteiger charge is -1.94. The molecule has 1 heterocycles. The summed E-state index contributed by atoms with van der Waals surface area (Å²) in [6, 6.07) is 0.909. The van der Waals surface area contributed by atoms with Gasteiger partial charge in [0, 0.05) is 6.07 Å². The summed E-state index contributed by atoms with van der Waals surface area (Å²) in [6.45, 7) is -2.80. The number of alkyl halides is 2. The fourth-order valence-electron chi connectivity index (χ4n) is 0.433. The van der Waals surface area contributed by atoms with Crippen LogP contribution in [-0.2, 0) is 0 Å². The van der Waals surface area contributed by atoms with Crippen molar-refractivity contribution in [3.8, 4) is 0 Å². The number of nitrogens with zero attached hydrogens (tertiary/aromatic N) is 1. The first-order valence-corrected chi connectivity index (χ1v) is 2.17. The number of rotatable bonds is 1. The second kappa shape index (κ2) is 2.00. The summed E-state index contributed by atoms with van der Waals surface area (Å²) in [5, 5.41) is 1.93. The maximum Gasteiger partial charge on any atom is 0.334 e. The van der Waals surface area contributed by atoms with E-state index in [1.54, 1.807) is 0 Å². The summed E-state index contributed by atoms with van der Waals surface area (Å²) >= 11 is 0. The van der Waals surface area contributed by atoms with Crippen LogP contribution in [0.3, 0.4) is 0 Å². The molecule has 5 heteroatoms. The van der Waals surface area contributed by atoms with Gasteiger partial charge in [0.1, 0.15) is 0 Å². The highest BCUT2D eigenvalue weighted by molar-refractivity contribution is 4.77. The van der Waals surface area contributed by atoms with Crippen molar-refractivity contribution in [3.05, 3.63) is 22.6 Å². The third-order valence-electron chi connectivity index (χ3n) is 0.813. The molecule has 0 aliphatic heterocycles. The Kier molecular flexibility index (Phi) is 1.33. The molecular weight excluding hydrogens is 130 g/mol. The van der Waals surface area contributed by atoms with E-state index in [9.17, 15) is 13.6 Å². The van der Waals surface area contributed by atoms with Gasteiger partial charge in [-0.1, -0.05) is 0 Å². The quantitative estimate of drug-likeness (QED) is 0.590. The summed E-state index contributed by atoms with van der Waals surface area (Å²) in [5.74, 6) is 0. The van der Waals surface area contributed by atoms with E-state index in [1.165, 1.54) is 0 Å². The van der Waals surface area contributed by atoms with Gasteiger partial charge >= 0.3 is 6.55 Å². The van der Waals surface area contributed by atoms with Crippen molar-refractivity contribution >= 4 is 0 Å². The molecule has 1 rings (SSSR count). The van der Waals surface area contributed by atoms with Gasteiger partial charge in [0.15, 0.2) is 0 Å². The van der Waals surface area contributed by atoms with Gasteiger partial charge in [0.05, 0.1) is 6.20 Å². The molecule has 1 aromatic heterocycles. The number of halogens is 2. The Morgan fingerprint density at radius 3 is 2.67 bits per heavy atom. The first-order valence-electron chi connectivity index (χ1n) is 2.17. The molecule has 0 bridgehead atoms. The summed E-state index contributed by atoms with van der Waals surface area (Å²) in [7, 11) is 0. The largest absolute Gasteiger partial charge is 0.334 e. The van der Waals surface area contributed by atoms with Gasteiger partial charge in [-0.05, 0) is 0 Å². The molecule has 0 atom stereocenters. The predicted molar refractivity (Wildman–Crippen MR) is 25.1 cm³/mol. The van der Waals surface area contributed by atoms with Crippen LogP contribution in [0.1, 0.15) is 6.55 Å². The van der Waals surface area contributed by atoms with Crippen molar-refractivity contribution in [3.63, 3.8) is 0 Å². The molecule has 0 aromatic carbocycles. The normalized spacial score (nSPS) is 10.6. The van der Waals surface area contributed by atoms with Crippen molar-refractivity contribution in [1.82, 2.24) is 9.78 Å². The zero-order chi connectivity index (χ0) is 6.85. The molecule has 0 saturated heterocycles. The molecule has 0 spiro atoms. The molecule has 0 aliphatic rings. The van der Waals surface area contributed by atoms with Crippen molar-refractivity contribution in [2.24, 2.45) is 0 Å². The van der Waals surface area contributed by atoms with Gasteiger partial charge in [-0.3, -0.25) is 9.89 Å². The zero-order valence-electron chi connectivity index (χ0n) is 4.27. The van der Waals surface area contributed by atoms with Crippen LogP contribution in [0.4, 0.5) is 8.78 Å². The van der Waals surface area contributed by atoms with E-state index < -0.39 is 12.1 Å². The Bertz CT molecular complexity index is 239. The first kappa shape index (κ1) is 6.00. The number of aromatic amines is 1. The van der Waals surface area contributed by atoms with Gasteiger partial charge in [0.25, 0.3) is 5.56 Å². The summed E-state index contributed by atoms with van der Waals surface area (Å²) in [4.78, 5) is 10.3. The van der Waals surface area contributed by atoms with E-state index in [4.69, 9.17) is 0 Å². The highest BCUT2D eigenvalue weighted by Crippen LogP contribution is 2.01. The maximum absolute atomic E-state index is 11.6. The van der Waals surface area contributed by atoms with E-state index in [1.807, 2.05) is 5.10 Å². The van der Waals surface area contributed by atoms with Crippen molar-refractivity contribution in [2.75, 3.05) is 0 Å². The zero-order valence-corrected chi connectivity index (χ0v) is 4.27. The van der Waals surface area contributed by atoms with Crippen LogP contribution in [0.25, 0.3) is 0 Å². The van der Waals surface area contributed by atoms with Gasteiger partial charge in [-0.25, -0.2) is 0 Å². The maximum atomic E-state index is 11.6. The fourth-order valence-corrected chi connectivity index (χ4v) is 0.433. The third kappa shape index (κ3) is 0.984. The molecule has 9 heavy (non-hydrogen) atoms. The van der Waals surface area contributed by atoms with E-state index in [0.717, 1.165) is 6.07 Å². The first-order chi connectivity index (χ1) is 4.22. The molecule has 0 amide bonds. The van der Waals surface area contributed by atoms with Crippen molar-refractivity contribution in [2.45, 2.75) is 6.55 Å². The Morgan fingerprint density at radius 1 is 1.78 bits per heavy atom. The minimum absolute atomic E-state index is 0.181. The fraction of sp³-hybridized carbons (Fsp3) is 0.250. The number of hydrogen-bond donors (Lipinski definition) is 1. The SMILES string of the molecule is O=c1c[c][nH]n1C(F)F. The van der Waals surface area contributed by atoms with Crippen LogP contribution >= 0.6 is 0 Å². The molecule has 1 aromatic rings. The standard InChI is InChI=1S/C4H3F2N2O/c5-4(6)8-3(9)1-2-7-8/h1,4,7H. The van der Waals surface area contributed by atoms with Gasteiger partial charge in [-0.2, -0.15) is 13.5 Å². The predicted octanol–water partition coefficient (Wildman–Crippen LogP) is 0.372. The lowest BCUT2D eigenvalue weighted by molar-refractivity contribution is 0.0531. The van der Waals surface area contributed by atoms with Crippen LogP contribution in [0, 0.1) is 6.20 Å². The molecule has 0 fully saturated rings. The van der Waals surface area contributed by atoms with Crippen LogP contribution in [0.15, 0.2) is 10.9 Å². The van der Waals surface area contributed by atoms with E-state index >= 15 is 0 Å². The summed E-state index contributed by atoms with van der Waals surface area (Å²) < 4.78 is 23.3. The Hall–Kier alpha value is -1.13. The Morgan fingerprint density at radius 2 is 2.44 bits per heavy atom.